The fourth-order valence-electron chi connectivity index (χ4n) is 6.79. The Balaban J connectivity index is 1.70. The zero-order valence-electron chi connectivity index (χ0n) is 14.7. The summed E-state index contributed by atoms with van der Waals surface area (Å²) in [5.74, 6) is 1.88. The quantitative estimate of drug-likeness (QED) is 0.435. The number of nitrogens with zero attached hydrogens (tertiary/aromatic N) is 3. The highest BCUT2D eigenvalue weighted by Crippen LogP contribution is 2.67. The summed E-state index contributed by atoms with van der Waals surface area (Å²) < 4.78 is 0. The first-order chi connectivity index (χ1) is 11.3. The summed E-state index contributed by atoms with van der Waals surface area (Å²) in [5.41, 5.74) is 8.90. The Hall–Kier alpha value is -1.32. The Morgan fingerprint density at radius 3 is 2.67 bits per heavy atom. The minimum absolute atomic E-state index is 0.150. The molecule has 0 spiro atoms. The van der Waals surface area contributed by atoms with Gasteiger partial charge >= 0.3 is 0 Å². The smallest absolute Gasteiger partial charge is 0.155 e. The maximum atomic E-state index is 11.9. The van der Waals surface area contributed by atoms with Crippen molar-refractivity contribution < 1.29 is 9.90 Å². The molecule has 4 aliphatic rings. The molecule has 5 heteroatoms. The van der Waals surface area contributed by atoms with Crippen LogP contribution in [0.2, 0.25) is 0 Å². The molecule has 3 saturated carbocycles. The summed E-state index contributed by atoms with van der Waals surface area (Å²) in [7, 11) is 0. The topological polar surface area (TPSA) is 86.1 Å². The van der Waals surface area contributed by atoms with Crippen LogP contribution >= 0.6 is 0 Å². The van der Waals surface area contributed by atoms with Gasteiger partial charge in [0.1, 0.15) is 5.72 Å². The molecule has 0 aromatic carbocycles. The number of hydrogen-bond donors (Lipinski definition) is 1. The van der Waals surface area contributed by atoms with E-state index >= 15 is 0 Å². The highest BCUT2D eigenvalue weighted by atomic mass is 16.3. The standard InChI is InChI=1S/C19H27N3O2/c1-17-8-5-13(23)11-12(17)3-4-14-15(17)6-9-18(2)16(14)7-10-19(18,24)21-22-20/h11,14-16,24H,3-10H2,1-2H3/t14-,15-,16-,17+,18?,19?/m1/s1. The first-order valence-corrected chi connectivity index (χ1v) is 9.37. The van der Waals surface area contributed by atoms with E-state index in [1.54, 1.807) is 0 Å². The minimum Gasteiger partial charge on any atom is -0.383 e. The van der Waals surface area contributed by atoms with Crippen molar-refractivity contribution in [2.24, 2.45) is 33.7 Å². The summed E-state index contributed by atoms with van der Waals surface area (Å²) in [4.78, 5) is 14.8. The maximum Gasteiger partial charge on any atom is 0.155 e. The Kier molecular flexibility index (Phi) is 3.43. The monoisotopic (exact) mass is 329 g/mol. The average molecular weight is 329 g/mol. The third kappa shape index (κ3) is 1.91. The summed E-state index contributed by atoms with van der Waals surface area (Å²) in [6.45, 7) is 4.49. The Morgan fingerprint density at radius 2 is 1.92 bits per heavy atom. The van der Waals surface area contributed by atoms with Crippen LogP contribution in [0, 0.1) is 28.6 Å². The van der Waals surface area contributed by atoms with Gasteiger partial charge in [-0.15, -0.1) is 0 Å². The first kappa shape index (κ1) is 16.2. The van der Waals surface area contributed by atoms with Gasteiger partial charge in [-0.2, -0.15) is 0 Å². The largest absolute Gasteiger partial charge is 0.383 e. The van der Waals surface area contributed by atoms with E-state index in [1.165, 1.54) is 5.57 Å². The predicted octanol–water partition coefficient (Wildman–Crippen LogP) is 4.52. The maximum absolute atomic E-state index is 11.9. The number of aliphatic hydroxyl groups is 1. The highest BCUT2D eigenvalue weighted by molar-refractivity contribution is 5.91. The number of ketones is 1. The number of rotatable bonds is 1. The Morgan fingerprint density at radius 1 is 1.17 bits per heavy atom. The van der Waals surface area contributed by atoms with Gasteiger partial charge in [0.05, 0.1) is 0 Å². The van der Waals surface area contributed by atoms with Gasteiger partial charge in [-0.3, -0.25) is 4.79 Å². The molecule has 6 atom stereocenters. The molecule has 0 bridgehead atoms. The molecule has 4 rings (SSSR count). The molecule has 5 nitrogen and oxygen atoms in total. The van der Waals surface area contributed by atoms with Gasteiger partial charge in [0.2, 0.25) is 0 Å². The molecule has 0 amide bonds. The molecule has 0 saturated heterocycles. The van der Waals surface area contributed by atoms with Crippen LogP contribution in [0.5, 0.6) is 0 Å². The molecule has 0 aliphatic heterocycles. The lowest BCUT2D eigenvalue weighted by atomic mass is 9.47. The number of carbonyl (C=O) groups excluding carboxylic acids is 1. The summed E-state index contributed by atoms with van der Waals surface area (Å²) in [5, 5.41) is 14.8. The lowest BCUT2D eigenvalue weighted by molar-refractivity contribution is -0.127. The van der Waals surface area contributed by atoms with Crippen LogP contribution in [0.3, 0.4) is 0 Å². The van der Waals surface area contributed by atoms with Crippen molar-refractivity contribution >= 4 is 5.78 Å². The lowest BCUT2D eigenvalue weighted by Crippen LogP contribution is -2.54. The van der Waals surface area contributed by atoms with Crippen LogP contribution in [0.4, 0.5) is 0 Å². The summed E-state index contributed by atoms with van der Waals surface area (Å²) >= 11 is 0. The van der Waals surface area contributed by atoms with E-state index in [0.29, 0.717) is 36.4 Å². The van der Waals surface area contributed by atoms with Crippen molar-refractivity contribution in [1.29, 1.82) is 0 Å². The van der Waals surface area contributed by atoms with Crippen molar-refractivity contribution in [3.05, 3.63) is 22.1 Å². The van der Waals surface area contributed by atoms with E-state index in [1.807, 2.05) is 6.08 Å². The van der Waals surface area contributed by atoms with E-state index in [4.69, 9.17) is 5.53 Å². The summed E-state index contributed by atoms with van der Waals surface area (Å²) in [6, 6.07) is 0. The molecule has 130 valence electrons. The number of allylic oxidation sites excluding steroid dienone is 1. The van der Waals surface area contributed by atoms with Crippen LogP contribution in [0.25, 0.3) is 10.4 Å². The molecule has 2 unspecified atom stereocenters. The van der Waals surface area contributed by atoms with E-state index < -0.39 is 5.72 Å². The molecular weight excluding hydrogens is 302 g/mol. The van der Waals surface area contributed by atoms with Crippen molar-refractivity contribution in [2.75, 3.05) is 0 Å². The first-order valence-electron chi connectivity index (χ1n) is 9.37. The van der Waals surface area contributed by atoms with Crippen LogP contribution in [-0.4, -0.2) is 16.6 Å². The number of azide groups is 1. The van der Waals surface area contributed by atoms with E-state index in [0.717, 1.165) is 38.5 Å². The molecule has 0 heterocycles. The molecular formula is C19H27N3O2. The van der Waals surface area contributed by atoms with E-state index in [2.05, 4.69) is 23.9 Å². The van der Waals surface area contributed by atoms with Gasteiger partial charge in [-0.05, 0) is 79.7 Å². The molecule has 3 fully saturated rings. The zero-order chi connectivity index (χ0) is 17.2. The molecule has 0 radical (unpaired) electrons. The molecule has 4 aliphatic carbocycles. The zero-order valence-corrected chi connectivity index (χ0v) is 14.7. The molecule has 24 heavy (non-hydrogen) atoms. The second-order valence-corrected chi connectivity index (χ2v) is 8.97. The van der Waals surface area contributed by atoms with Gasteiger partial charge in [-0.25, -0.2) is 0 Å². The van der Waals surface area contributed by atoms with Crippen LogP contribution in [0.15, 0.2) is 16.8 Å². The fourth-order valence-corrected chi connectivity index (χ4v) is 6.79. The second-order valence-electron chi connectivity index (χ2n) is 8.97. The van der Waals surface area contributed by atoms with E-state index in [-0.39, 0.29) is 10.8 Å². The van der Waals surface area contributed by atoms with Crippen molar-refractivity contribution in [2.45, 2.75) is 70.9 Å². The fraction of sp³-hybridized carbons (Fsp3) is 0.842. The summed E-state index contributed by atoms with van der Waals surface area (Å²) in [6.07, 6.45) is 9.19. The van der Waals surface area contributed by atoms with Crippen molar-refractivity contribution in [3.63, 3.8) is 0 Å². The minimum atomic E-state index is -1.23. The highest BCUT2D eigenvalue weighted by Gasteiger charge is 2.63. The van der Waals surface area contributed by atoms with Gasteiger partial charge in [0, 0.05) is 16.7 Å². The number of fused-ring (bicyclic) bond motifs is 5. The SMILES string of the molecule is CC12CC[C@@H]3[C@@H](CCC4=CC(=O)CC[C@@]43C)[C@H]1CCC2(O)N=[N+]=[N-]. The van der Waals surface area contributed by atoms with Crippen molar-refractivity contribution in [1.82, 2.24) is 0 Å². The molecule has 0 aromatic heterocycles. The van der Waals surface area contributed by atoms with E-state index in [9.17, 15) is 9.90 Å². The molecule has 0 aromatic rings. The third-order valence-electron chi connectivity index (χ3n) is 8.28. The Labute approximate surface area is 143 Å². The van der Waals surface area contributed by atoms with Gasteiger partial charge < -0.3 is 5.11 Å². The van der Waals surface area contributed by atoms with Crippen LogP contribution in [-0.2, 0) is 4.79 Å². The molecule has 1 N–H and O–H groups in total. The van der Waals surface area contributed by atoms with Gasteiger partial charge in [-0.1, -0.05) is 24.5 Å². The number of hydrogen-bond acceptors (Lipinski definition) is 3. The van der Waals surface area contributed by atoms with Crippen molar-refractivity contribution in [3.8, 4) is 0 Å². The van der Waals surface area contributed by atoms with Crippen LogP contribution in [0.1, 0.15) is 65.2 Å². The average Bonchev–Trinajstić information content (AvgIpc) is 2.80. The predicted molar refractivity (Wildman–Crippen MR) is 90.8 cm³/mol. The number of carbonyl (C=O) groups is 1. The lowest BCUT2D eigenvalue weighted by Gasteiger charge is -2.58. The second kappa shape index (κ2) is 5.09. The van der Waals surface area contributed by atoms with Gasteiger partial charge in [0.25, 0.3) is 0 Å². The normalized spacial score (nSPS) is 50.2. The Bertz CT molecular complexity index is 668. The third-order valence-corrected chi connectivity index (χ3v) is 8.28. The van der Waals surface area contributed by atoms with Gasteiger partial charge in [0.15, 0.2) is 5.78 Å². The van der Waals surface area contributed by atoms with Crippen LogP contribution < -0.4 is 0 Å².